The minimum Gasteiger partial charge on any atom is -0.394 e. The van der Waals surface area contributed by atoms with Crippen molar-refractivity contribution in [3.05, 3.63) is 41.8 Å². The summed E-state index contributed by atoms with van der Waals surface area (Å²) in [7, 11) is 0. The Kier molecular flexibility index (Phi) is 3.85. The van der Waals surface area contributed by atoms with Gasteiger partial charge < -0.3 is 14.9 Å². The Morgan fingerprint density at radius 2 is 2.15 bits per heavy atom. The van der Waals surface area contributed by atoms with Gasteiger partial charge in [-0.1, -0.05) is 17.3 Å². The molecule has 0 spiro atoms. The van der Waals surface area contributed by atoms with E-state index in [-0.39, 0.29) is 23.6 Å². The standard InChI is InChI=1S/C14H15FN2O3/c1-14(2,8-18)16-13(19)11-7-12(20-17-11)9-5-3-4-6-10(9)15/h3-7,18H,8H2,1-2H3,(H,16,19). The first-order chi connectivity index (χ1) is 9.43. The third kappa shape index (κ3) is 3.03. The molecule has 0 bridgehead atoms. The van der Waals surface area contributed by atoms with Crippen LogP contribution in [0.3, 0.4) is 0 Å². The van der Waals surface area contributed by atoms with Crippen LogP contribution < -0.4 is 5.32 Å². The molecule has 1 aromatic heterocycles. The molecule has 0 aliphatic carbocycles. The summed E-state index contributed by atoms with van der Waals surface area (Å²) in [6, 6.07) is 7.42. The van der Waals surface area contributed by atoms with E-state index in [1.165, 1.54) is 18.2 Å². The maximum atomic E-state index is 13.6. The number of nitrogens with zero attached hydrogens (tertiary/aromatic N) is 1. The molecule has 0 radical (unpaired) electrons. The summed E-state index contributed by atoms with van der Waals surface area (Å²) in [5.41, 5.74) is -0.501. The maximum absolute atomic E-state index is 13.6. The number of hydrogen-bond donors (Lipinski definition) is 2. The fourth-order valence-corrected chi connectivity index (χ4v) is 1.58. The zero-order chi connectivity index (χ0) is 14.8. The van der Waals surface area contributed by atoms with Crippen molar-refractivity contribution in [2.45, 2.75) is 19.4 Å². The molecule has 1 aromatic carbocycles. The summed E-state index contributed by atoms with van der Waals surface area (Å²) in [6.45, 7) is 3.13. The minimum atomic E-state index is -0.770. The van der Waals surface area contributed by atoms with E-state index in [0.717, 1.165) is 0 Å². The SMILES string of the molecule is CC(C)(CO)NC(=O)c1cc(-c2ccccc2F)on1. The highest BCUT2D eigenvalue weighted by Crippen LogP contribution is 2.23. The molecule has 0 unspecified atom stereocenters. The number of aliphatic hydroxyl groups is 1. The second-order valence-electron chi connectivity index (χ2n) is 5.05. The van der Waals surface area contributed by atoms with E-state index in [2.05, 4.69) is 10.5 Å². The number of aromatic nitrogens is 1. The van der Waals surface area contributed by atoms with Crippen LogP contribution >= 0.6 is 0 Å². The Balaban J connectivity index is 2.22. The number of carbonyl (C=O) groups is 1. The van der Waals surface area contributed by atoms with E-state index in [9.17, 15) is 9.18 Å². The summed E-state index contributed by atoms with van der Waals surface area (Å²) >= 11 is 0. The molecule has 106 valence electrons. The molecule has 2 aromatic rings. The first-order valence-electron chi connectivity index (χ1n) is 6.08. The summed E-state index contributed by atoms with van der Waals surface area (Å²) in [5, 5.41) is 15.3. The fourth-order valence-electron chi connectivity index (χ4n) is 1.58. The van der Waals surface area contributed by atoms with Gasteiger partial charge in [0.1, 0.15) is 5.82 Å². The first-order valence-corrected chi connectivity index (χ1v) is 6.08. The van der Waals surface area contributed by atoms with Gasteiger partial charge >= 0.3 is 0 Å². The average molecular weight is 278 g/mol. The number of carbonyl (C=O) groups excluding carboxylic acids is 1. The lowest BCUT2D eigenvalue weighted by Crippen LogP contribution is -2.46. The topological polar surface area (TPSA) is 75.4 Å². The van der Waals surface area contributed by atoms with Crippen LogP contribution in [0.4, 0.5) is 4.39 Å². The van der Waals surface area contributed by atoms with Crippen LogP contribution in [-0.4, -0.2) is 28.3 Å². The van der Waals surface area contributed by atoms with Crippen molar-refractivity contribution in [1.29, 1.82) is 0 Å². The highest BCUT2D eigenvalue weighted by Gasteiger charge is 2.23. The highest BCUT2D eigenvalue weighted by molar-refractivity contribution is 5.93. The molecule has 1 heterocycles. The van der Waals surface area contributed by atoms with Crippen molar-refractivity contribution < 1.29 is 18.8 Å². The third-order valence-corrected chi connectivity index (χ3v) is 2.73. The van der Waals surface area contributed by atoms with Gasteiger partial charge in [-0.2, -0.15) is 0 Å². The average Bonchev–Trinajstić information content (AvgIpc) is 2.88. The molecule has 0 aliphatic heterocycles. The summed E-state index contributed by atoms with van der Waals surface area (Å²) in [6.07, 6.45) is 0. The molecule has 0 saturated carbocycles. The number of halogens is 1. The zero-order valence-electron chi connectivity index (χ0n) is 11.2. The number of aliphatic hydroxyl groups excluding tert-OH is 1. The summed E-state index contributed by atoms with van der Waals surface area (Å²) < 4.78 is 18.6. The number of rotatable bonds is 4. The second kappa shape index (κ2) is 5.42. The van der Waals surface area contributed by atoms with Gasteiger partial charge in [0.2, 0.25) is 0 Å². The molecule has 0 atom stereocenters. The lowest BCUT2D eigenvalue weighted by Gasteiger charge is -2.22. The predicted octanol–water partition coefficient (Wildman–Crippen LogP) is 1.98. The molecule has 1 amide bonds. The molecule has 5 nitrogen and oxygen atoms in total. The van der Waals surface area contributed by atoms with E-state index >= 15 is 0 Å². The Labute approximate surface area is 115 Å². The Bertz CT molecular complexity index is 622. The Hall–Kier alpha value is -2.21. The quantitative estimate of drug-likeness (QED) is 0.896. The van der Waals surface area contributed by atoms with Crippen molar-refractivity contribution in [3.8, 4) is 11.3 Å². The highest BCUT2D eigenvalue weighted by atomic mass is 19.1. The van der Waals surface area contributed by atoms with E-state index < -0.39 is 17.3 Å². The molecular formula is C14H15FN2O3. The van der Waals surface area contributed by atoms with E-state index in [1.54, 1.807) is 26.0 Å². The predicted molar refractivity (Wildman–Crippen MR) is 70.5 cm³/mol. The number of amides is 1. The normalized spacial score (nSPS) is 11.4. The number of benzene rings is 1. The molecular weight excluding hydrogens is 263 g/mol. The van der Waals surface area contributed by atoms with Crippen molar-refractivity contribution in [1.82, 2.24) is 10.5 Å². The van der Waals surface area contributed by atoms with Crippen LogP contribution in [0.25, 0.3) is 11.3 Å². The second-order valence-corrected chi connectivity index (χ2v) is 5.05. The van der Waals surface area contributed by atoms with E-state index in [0.29, 0.717) is 0 Å². The van der Waals surface area contributed by atoms with Gasteiger partial charge in [0.15, 0.2) is 11.5 Å². The van der Waals surface area contributed by atoms with Crippen molar-refractivity contribution in [2.24, 2.45) is 0 Å². The van der Waals surface area contributed by atoms with Crippen LogP contribution in [0.5, 0.6) is 0 Å². The van der Waals surface area contributed by atoms with Crippen molar-refractivity contribution in [2.75, 3.05) is 6.61 Å². The van der Waals surface area contributed by atoms with Gasteiger partial charge in [-0.05, 0) is 26.0 Å². The molecule has 20 heavy (non-hydrogen) atoms. The monoisotopic (exact) mass is 278 g/mol. The maximum Gasteiger partial charge on any atom is 0.273 e. The fraction of sp³-hybridized carbons (Fsp3) is 0.286. The van der Waals surface area contributed by atoms with E-state index in [1.807, 2.05) is 0 Å². The van der Waals surface area contributed by atoms with Gasteiger partial charge in [-0.25, -0.2) is 4.39 Å². The number of nitrogens with one attached hydrogen (secondary N) is 1. The Morgan fingerprint density at radius 3 is 2.80 bits per heavy atom. The van der Waals surface area contributed by atoms with Crippen LogP contribution in [-0.2, 0) is 0 Å². The van der Waals surface area contributed by atoms with Crippen LogP contribution in [0.2, 0.25) is 0 Å². The molecule has 2 N–H and O–H groups in total. The van der Waals surface area contributed by atoms with Crippen molar-refractivity contribution >= 4 is 5.91 Å². The zero-order valence-corrected chi connectivity index (χ0v) is 11.2. The van der Waals surface area contributed by atoms with Gasteiger partial charge in [0.05, 0.1) is 17.7 Å². The minimum absolute atomic E-state index is 0.0322. The molecule has 0 aliphatic rings. The number of hydrogen-bond acceptors (Lipinski definition) is 4. The molecule has 6 heteroatoms. The Morgan fingerprint density at radius 1 is 1.45 bits per heavy atom. The summed E-state index contributed by atoms with van der Waals surface area (Å²) in [4.78, 5) is 11.9. The van der Waals surface area contributed by atoms with Gasteiger partial charge in [-0.15, -0.1) is 0 Å². The molecule has 0 saturated heterocycles. The van der Waals surface area contributed by atoms with Crippen molar-refractivity contribution in [3.63, 3.8) is 0 Å². The van der Waals surface area contributed by atoms with Crippen LogP contribution in [0.1, 0.15) is 24.3 Å². The molecule has 0 fully saturated rings. The van der Waals surface area contributed by atoms with Crippen LogP contribution in [0, 0.1) is 5.82 Å². The first kappa shape index (κ1) is 14.2. The van der Waals surface area contributed by atoms with Gasteiger partial charge in [0, 0.05) is 6.07 Å². The van der Waals surface area contributed by atoms with Gasteiger partial charge in [-0.3, -0.25) is 4.79 Å². The van der Waals surface area contributed by atoms with Crippen LogP contribution in [0.15, 0.2) is 34.9 Å². The smallest absolute Gasteiger partial charge is 0.273 e. The van der Waals surface area contributed by atoms with Gasteiger partial charge in [0.25, 0.3) is 5.91 Å². The van der Waals surface area contributed by atoms with E-state index in [4.69, 9.17) is 9.63 Å². The summed E-state index contributed by atoms with van der Waals surface area (Å²) in [5.74, 6) is -0.767. The lowest BCUT2D eigenvalue weighted by atomic mass is 10.1. The largest absolute Gasteiger partial charge is 0.394 e. The third-order valence-electron chi connectivity index (χ3n) is 2.73. The lowest BCUT2D eigenvalue weighted by molar-refractivity contribution is 0.0860. The molecule has 2 rings (SSSR count).